The highest BCUT2D eigenvalue weighted by atomic mass is 19.1. The Hall–Kier alpha value is -1.19. The van der Waals surface area contributed by atoms with E-state index in [1.165, 1.54) is 30.5 Å². The van der Waals surface area contributed by atoms with Crippen molar-refractivity contribution in [1.29, 1.82) is 0 Å². The lowest BCUT2D eigenvalue weighted by Gasteiger charge is -2.19. The quantitative estimate of drug-likeness (QED) is 0.573. The molecule has 0 spiro atoms. The van der Waals surface area contributed by atoms with E-state index in [9.17, 15) is 4.39 Å². The molecule has 1 aliphatic rings. The van der Waals surface area contributed by atoms with Crippen molar-refractivity contribution in [2.45, 2.75) is 25.8 Å². The van der Waals surface area contributed by atoms with Crippen molar-refractivity contribution in [3.63, 3.8) is 0 Å². The van der Waals surface area contributed by atoms with Crippen molar-refractivity contribution in [2.75, 3.05) is 19.8 Å². The number of hydrogen-bond donors (Lipinski definition) is 1. The number of ether oxygens (including phenoxy) is 1. The highest BCUT2D eigenvalue weighted by molar-refractivity contribution is 5.21. The van der Waals surface area contributed by atoms with Crippen LogP contribution in [0.15, 0.2) is 36.4 Å². The summed E-state index contributed by atoms with van der Waals surface area (Å²) in [7, 11) is 0. The zero-order valence-electron chi connectivity index (χ0n) is 11.5. The summed E-state index contributed by atoms with van der Waals surface area (Å²) in [5.74, 6) is 0.509. The number of rotatable bonds is 8. The third kappa shape index (κ3) is 4.77. The van der Waals surface area contributed by atoms with Gasteiger partial charge in [0.05, 0.1) is 13.2 Å². The lowest BCUT2D eigenvalue weighted by molar-refractivity contribution is 0.154. The molecule has 1 atom stereocenters. The van der Waals surface area contributed by atoms with E-state index in [0.29, 0.717) is 25.2 Å². The number of benzene rings is 1. The van der Waals surface area contributed by atoms with Gasteiger partial charge in [-0.25, -0.2) is 4.39 Å². The molecule has 0 amide bonds. The molecule has 1 N–H and O–H groups in total. The van der Waals surface area contributed by atoms with E-state index < -0.39 is 0 Å². The fourth-order valence-electron chi connectivity index (χ4n) is 2.19. The summed E-state index contributed by atoms with van der Waals surface area (Å²) in [4.78, 5) is 0. The van der Waals surface area contributed by atoms with Crippen molar-refractivity contribution < 1.29 is 9.13 Å². The zero-order valence-corrected chi connectivity index (χ0v) is 11.5. The highest BCUT2D eigenvalue weighted by Gasteiger charge is 2.31. The van der Waals surface area contributed by atoms with Gasteiger partial charge in [-0.3, -0.25) is 0 Å². The van der Waals surface area contributed by atoms with Crippen LogP contribution in [0.4, 0.5) is 4.39 Å². The van der Waals surface area contributed by atoms with Crippen LogP contribution in [0.25, 0.3) is 0 Å². The third-order valence-corrected chi connectivity index (χ3v) is 3.28. The van der Waals surface area contributed by atoms with Crippen LogP contribution >= 0.6 is 0 Å². The van der Waals surface area contributed by atoms with Gasteiger partial charge in [0.1, 0.15) is 5.82 Å². The summed E-state index contributed by atoms with van der Waals surface area (Å²) in [5.41, 5.74) is 2.21. The zero-order chi connectivity index (χ0) is 13.7. The molecule has 1 fully saturated rings. The van der Waals surface area contributed by atoms with Crippen molar-refractivity contribution in [3.05, 3.63) is 47.8 Å². The van der Waals surface area contributed by atoms with Gasteiger partial charge in [-0.15, -0.1) is 0 Å². The van der Waals surface area contributed by atoms with Gasteiger partial charge in [0.25, 0.3) is 0 Å². The second kappa shape index (κ2) is 6.83. The summed E-state index contributed by atoms with van der Waals surface area (Å²) in [6.07, 6.45) is 2.50. The SMILES string of the molecule is C=C(C)COCCNC(c1ccc(F)cc1)C1CC1. The normalized spacial score (nSPS) is 16.3. The van der Waals surface area contributed by atoms with Gasteiger partial charge < -0.3 is 10.1 Å². The van der Waals surface area contributed by atoms with Crippen LogP contribution < -0.4 is 5.32 Å². The standard InChI is InChI=1S/C16H22FNO/c1-12(2)11-19-10-9-18-16(13-3-4-13)14-5-7-15(17)8-6-14/h5-8,13,16,18H,1,3-4,9-11H2,2H3. The minimum absolute atomic E-state index is 0.178. The minimum Gasteiger partial charge on any atom is -0.376 e. The van der Waals surface area contributed by atoms with E-state index in [0.717, 1.165) is 12.1 Å². The van der Waals surface area contributed by atoms with E-state index in [1.807, 2.05) is 19.1 Å². The van der Waals surface area contributed by atoms with Crippen LogP contribution in [0.3, 0.4) is 0 Å². The Morgan fingerprint density at radius 2 is 2.11 bits per heavy atom. The fraction of sp³-hybridized carbons (Fsp3) is 0.500. The van der Waals surface area contributed by atoms with Gasteiger partial charge >= 0.3 is 0 Å². The van der Waals surface area contributed by atoms with Crippen molar-refractivity contribution in [1.82, 2.24) is 5.32 Å². The molecule has 1 unspecified atom stereocenters. The topological polar surface area (TPSA) is 21.3 Å². The smallest absolute Gasteiger partial charge is 0.123 e. The van der Waals surface area contributed by atoms with E-state index in [2.05, 4.69) is 11.9 Å². The predicted molar refractivity (Wildman–Crippen MR) is 75.5 cm³/mol. The number of halogens is 1. The van der Waals surface area contributed by atoms with Crippen molar-refractivity contribution >= 4 is 0 Å². The predicted octanol–water partition coefficient (Wildman–Crippen LogP) is 3.46. The van der Waals surface area contributed by atoms with Gasteiger partial charge in [-0.2, -0.15) is 0 Å². The van der Waals surface area contributed by atoms with Crippen LogP contribution in [-0.2, 0) is 4.74 Å². The molecule has 1 aromatic carbocycles. The average Bonchev–Trinajstić information content (AvgIpc) is 3.19. The minimum atomic E-state index is -0.178. The summed E-state index contributed by atoms with van der Waals surface area (Å²) in [6, 6.07) is 7.14. The van der Waals surface area contributed by atoms with Gasteiger partial charge in [0.2, 0.25) is 0 Å². The molecule has 0 saturated heterocycles. The maximum atomic E-state index is 12.9. The molecule has 104 valence electrons. The molecule has 1 aliphatic carbocycles. The van der Waals surface area contributed by atoms with Crippen LogP contribution in [0.5, 0.6) is 0 Å². The summed E-state index contributed by atoms with van der Waals surface area (Å²) < 4.78 is 18.4. The molecule has 0 aromatic heterocycles. The summed E-state index contributed by atoms with van der Waals surface area (Å²) in [6.45, 7) is 7.86. The van der Waals surface area contributed by atoms with E-state index in [4.69, 9.17) is 4.74 Å². The molecular weight excluding hydrogens is 241 g/mol. The summed E-state index contributed by atoms with van der Waals surface area (Å²) >= 11 is 0. The Kier molecular flexibility index (Phi) is 5.11. The second-order valence-corrected chi connectivity index (χ2v) is 5.33. The molecule has 1 aromatic rings. The average molecular weight is 263 g/mol. The molecule has 0 bridgehead atoms. The van der Waals surface area contributed by atoms with E-state index in [1.54, 1.807) is 0 Å². The van der Waals surface area contributed by atoms with E-state index in [-0.39, 0.29) is 5.82 Å². The monoisotopic (exact) mass is 263 g/mol. The van der Waals surface area contributed by atoms with Gasteiger partial charge in [0, 0.05) is 12.6 Å². The fourth-order valence-corrected chi connectivity index (χ4v) is 2.19. The third-order valence-electron chi connectivity index (χ3n) is 3.28. The molecular formula is C16H22FNO. The molecule has 0 aliphatic heterocycles. The van der Waals surface area contributed by atoms with Crippen LogP contribution in [0.2, 0.25) is 0 Å². The molecule has 0 heterocycles. The first-order chi connectivity index (χ1) is 9.16. The molecule has 2 rings (SSSR count). The first kappa shape index (κ1) is 14.2. The van der Waals surface area contributed by atoms with Crippen LogP contribution in [-0.4, -0.2) is 19.8 Å². The molecule has 0 radical (unpaired) electrons. The van der Waals surface area contributed by atoms with Crippen molar-refractivity contribution in [2.24, 2.45) is 5.92 Å². The maximum absolute atomic E-state index is 12.9. The summed E-state index contributed by atoms with van der Waals surface area (Å²) in [5, 5.41) is 3.51. The lowest BCUT2D eigenvalue weighted by atomic mass is 10.0. The number of nitrogens with one attached hydrogen (secondary N) is 1. The van der Waals surface area contributed by atoms with Gasteiger partial charge in [-0.1, -0.05) is 24.3 Å². The van der Waals surface area contributed by atoms with Crippen LogP contribution in [0.1, 0.15) is 31.4 Å². The Balaban J connectivity index is 1.80. The van der Waals surface area contributed by atoms with Gasteiger partial charge in [0.15, 0.2) is 0 Å². The Labute approximate surface area is 114 Å². The number of hydrogen-bond acceptors (Lipinski definition) is 2. The Morgan fingerprint density at radius 3 is 2.68 bits per heavy atom. The Bertz CT molecular complexity index is 411. The molecule has 3 heteroatoms. The Morgan fingerprint density at radius 1 is 1.42 bits per heavy atom. The van der Waals surface area contributed by atoms with E-state index >= 15 is 0 Å². The van der Waals surface area contributed by atoms with Crippen molar-refractivity contribution in [3.8, 4) is 0 Å². The largest absolute Gasteiger partial charge is 0.376 e. The first-order valence-electron chi connectivity index (χ1n) is 6.88. The molecule has 2 nitrogen and oxygen atoms in total. The van der Waals surface area contributed by atoms with Gasteiger partial charge in [-0.05, 0) is 43.4 Å². The molecule has 19 heavy (non-hydrogen) atoms. The molecule has 1 saturated carbocycles. The second-order valence-electron chi connectivity index (χ2n) is 5.33. The lowest BCUT2D eigenvalue weighted by Crippen LogP contribution is -2.27. The highest BCUT2D eigenvalue weighted by Crippen LogP contribution is 2.40. The van der Waals surface area contributed by atoms with Crippen LogP contribution in [0, 0.1) is 11.7 Å². The first-order valence-corrected chi connectivity index (χ1v) is 6.88. The maximum Gasteiger partial charge on any atom is 0.123 e.